The molecule has 31 heavy (non-hydrogen) atoms. The van der Waals surface area contributed by atoms with Crippen LogP contribution in [-0.2, 0) is 11.3 Å². The highest BCUT2D eigenvalue weighted by Gasteiger charge is 2.42. The van der Waals surface area contributed by atoms with Crippen LogP contribution in [0.25, 0.3) is 0 Å². The minimum atomic E-state index is -2.92. The van der Waals surface area contributed by atoms with Gasteiger partial charge in [-0.25, -0.2) is 4.79 Å². The maximum absolute atomic E-state index is 13.1. The molecule has 166 valence electrons. The molecule has 0 heterocycles. The van der Waals surface area contributed by atoms with Crippen molar-refractivity contribution in [3.05, 3.63) is 65.7 Å². The van der Waals surface area contributed by atoms with E-state index < -0.39 is 24.2 Å². The fourth-order valence-corrected chi connectivity index (χ4v) is 3.81. The summed E-state index contributed by atoms with van der Waals surface area (Å²) in [5.41, 5.74) is 0.599. The number of ether oxygens (including phenoxy) is 1. The lowest BCUT2D eigenvalue weighted by Crippen LogP contribution is -2.59. The summed E-state index contributed by atoms with van der Waals surface area (Å²) in [6.07, 6.45) is 2.74. The molecule has 1 atom stereocenters. The van der Waals surface area contributed by atoms with Gasteiger partial charge in [-0.2, -0.15) is 8.78 Å². The van der Waals surface area contributed by atoms with Crippen molar-refractivity contribution in [2.24, 2.45) is 0 Å². The molecule has 2 aromatic rings. The Labute approximate surface area is 180 Å². The Morgan fingerprint density at radius 3 is 2.45 bits per heavy atom. The lowest BCUT2D eigenvalue weighted by molar-refractivity contribution is -0.127. The molecule has 6 nitrogen and oxygen atoms in total. The van der Waals surface area contributed by atoms with Gasteiger partial charge in [-0.3, -0.25) is 4.79 Å². The van der Waals surface area contributed by atoms with E-state index in [1.165, 1.54) is 12.1 Å². The summed E-state index contributed by atoms with van der Waals surface area (Å²) >= 11 is 0. The number of carbonyl (C=O) groups is 2. The number of nitrogens with one attached hydrogen (secondary N) is 3. The molecule has 3 amide bonds. The molecule has 0 aromatic heterocycles. The molecular weight excluding hydrogens is 404 g/mol. The number of benzene rings is 2. The second-order valence-corrected chi connectivity index (χ2v) is 7.73. The molecule has 0 aliphatic heterocycles. The van der Waals surface area contributed by atoms with Gasteiger partial charge in [0.05, 0.1) is 6.04 Å². The maximum Gasteiger partial charge on any atom is 0.387 e. The van der Waals surface area contributed by atoms with Gasteiger partial charge in [0.2, 0.25) is 5.91 Å². The van der Waals surface area contributed by atoms with Gasteiger partial charge in [-0.15, -0.1) is 0 Å². The first kappa shape index (κ1) is 22.5. The Morgan fingerprint density at radius 2 is 1.77 bits per heavy atom. The molecule has 1 saturated carbocycles. The summed E-state index contributed by atoms with van der Waals surface area (Å²) in [6.45, 7) is -0.796. The summed E-state index contributed by atoms with van der Waals surface area (Å²) in [6, 6.07) is 14.9. The van der Waals surface area contributed by atoms with Crippen molar-refractivity contribution in [2.75, 3.05) is 0 Å². The third-order valence-corrected chi connectivity index (χ3v) is 5.47. The normalized spacial score (nSPS) is 15.9. The number of hydrogen-bond donors (Lipinski definition) is 3. The zero-order valence-corrected chi connectivity index (χ0v) is 17.4. The van der Waals surface area contributed by atoms with Crippen LogP contribution in [0.4, 0.5) is 13.6 Å². The largest absolute Gasteiger partial charge is 0.435 e. The number of hydrogen-bond acceptors (Lipinski definition) is 3. The number of rotatable bonds is 8. The first-order valence-electron chi connectivity index (χ1n) is 10.3. The standard InChI is InChI=1S/C23H27F2N3O3/c1-16(18-10-7-11-19(14-18)31-21(24)25)27-20(29)23(12-5-6-13-23)28-22(30)26-15-17-8-3-2-4-9-17/h2-4,7-11,14,16,21H,5-6,12-13,15H2,1H3,(H,27,29)(H2,26,28,30). The highest BCUT2D eigenvalue weighted by Crippen LogP contribution is 2.31. The highest BCUT2D eigenvalue weighted by atomic mass is 19.3. The zero-order chi connectivity index (χ0) is 22.3. The van der Waals surface area contributed by atoms with Crippen LogP contribution in [0.5, 0.6) is 5.75 Å². The quantitative estimate of drug-likeness (QED) is 0.584. The van der Waals surface area contributed by atoms with E-state index in [0.29, 0.717) is 24.9 Å². The second kappa shape index (κ2) is 10.2. The van der Waals surface area contributed by atoms with Gasteiger partial charge < -0.3 is 20.7 Å². The Balaban J connectivity index is 1.62. The number of alkyl halides is 2. The summed E-state index contributed by atoms with van der Waals surface area (Å²) < 4.78 is 29.4. The first-order valence-corrected chi connectivity index (χ1v) is 10.3. The van der Waals surface area contributed by atoms with E-state index in [1.54, 1.807) is 19.1 Å². The van der Waals surface area contributed by atoms with Crippen molar-refractivity contribution in [1.82, 2.24) is 16.0 Å². The molecule has 0 spiro atoms. The molecule has 3 N–H and O–H groups in total. The minimum Gasteiger partial charge on any atom is -0.435 e. The fourth-order valence-electron chi connectivity index (χ4n) is 3.81. The third kappa shape index (κ3) is 6.16. The number of carbonyl (C=O) groups excluding carboxylic acids is 2. The number of urea groups is 1. The Morgan fingerprint density at radius 1 is 1.06 bits per heavy atom. The minimum absolute atomic E-state index is 0.0302. The van der Waals surface area contributed by atoms with Gasteiger partial charge >= 0.3 is 12.6 Å². The van der Waals surface area contributed by atoms with Crippen molar-refractivity contribution in [1.29, 1.82) is 0 Å². The topological polar surface area (TPSA) is 79.5 Å². The molecule has 1 fully saturated rings. The van der Waals surface area contributed by atoms with Crippen LogP contribution >= 0.6 is 0 Å². The molecule has 0 saturated heterocycles. The lowest BCUT2D eigenvalue weighted by Gasteiger charge is -2.30. The van der Waals surface area contributed by atoms with Gasteiger partial charge in [0.15, 0.2) is 0 Å². The Hall–Kier alpha value is -3.16. The molecule has 2 aromatic carbocycles. The lowest BCUT2D eigenvalue weighted by atomic mass is 9.95. The summed E-state index contributed by atoms with van der Waals surface area (Å²) in [4.78, 5) is 25.6. The van der Waals surface area contributed by atoms with Crippen molar-refractivity contribution >= 4 is 11.9 Å². The second-order valence-electron chi connectivity index (χ2n) is 7.73. The number of amides is 3. The van der Waals surface area contributed by atoms with Crippen LogP contribution in [0.15, 0.2) is 54.6 Å². The Kier molecular flexibility index (Phi) is 7.44. The van der Waals surface area contributed by atoms with E-state index in [0.717, 1.165) is 18.4 Å². The summed E-state index contributed by atoms with van der Waals surface area (Å²) in [7, 11) is 0. The van der Waals surface area contributed by atoms with E-state index in [4.69, 9.17) is 0 Å². The van der Waals surface area contributed by atoms with Crippen LogP contribution in [0.1, 0.15) is 49.8 Å². The van der Waals surface area contributed by atoms with Crippen LogP contribution < -0.4 is 20.7 Å². The molecule has 3 rings (SSSR count). The predicted octanol–water partition coefficient (Wildman–Crippen LogP) is 4.28. The molecule has 1 unspecified atom stereocenters. The molecular formula is C23H27F2N3O3. The van der Waals surface area contributed by atoms with Gasteiger partial charge in [-0.1, -0.05) is 55.3 Å². The predicted molar refractivity (Wildman–Crippen MR) is 113 cm³/mol. The molecule has 1 aliphatic rings. The first-order chi connectivity index (χ1) is 14.9. The average Bonchev–Trinajstić information content (AvgIpc) is 3.22. The van der Waals surface area contributed by atoms with E-state index in [9.17, 15) is 18.4 Å². The average molecular weight is 431 g/mol. The maximum atomic E-state index is 13.1. The van der Waals surface area contributed by atoms with E-state index in [-0.39, 0.29) is 11.7 Å². The zero-order valence-electron chi connectivity index (χ0n) is 17.4. The molecule has 8 heteroatoms. The van der Waals surface area contributed by atoms with Crippen molar-refractivity contribution in [2.45, 2.75) is 57.3 Å². The molecule has 0 bridgehead atoms. The van der Waals surface area contributed by atoms with Crippen LogP contribution in [-0.4, -0.2) is 24.1 Å². The molecule has 1 aliphatic carbocycles. The fraction of sp³-hybridized carbons (Fsp3) is 0.391. The van der Waals surface area contributed by atoms with Crippen LogP contribution in [0, 0.1) is 0 Å². The van der Waals surface area contributed by atoms with Gasteiger partial charge in [0, 0.05) is 6.54 Å². The Bertz CT molecular complexity index is 887. The van der Waals surface area contributed by atoms with Gasteiger partial charge in [0.1, 0.15) is 11.3 Å². The monoisotopic (exact) mass is 431 g/mol. The summed E-state index contributed by atoms with van der Waals surface area (Å²) in [5.74, 6) is -0.255. The van der Waals surface area contributed by atoms with Crippen molar-refractivity contribution in [3.63, 3.8) is 0 Å². The van der Waals surface area contributed by atoms with Crippen molar-refractivity contribution in [3.8, 4) is 5.75 Å². The van der Waals surface area contributed by atoms with E-state index in [1.807, 2.05) is 30.3 Å². The summed E-state index contributed by atoms with van der Waals surface area (Å²) in [5, 5.41) is 8.58. The van der Waals surface area contributed by atoms with E-state index in [2.05, 4.69) is 20.7 Å². The van der Waals surface area contributed by atoms with Crippen LogP contribution in [0.2, 0.25) is 0 Å². The number of halogens is 2. The smallest absolute Gasteiger partial charge is 0.387 e. The van der Waals surface area contributed by atoms with Crippen LogP contribution in [0.3, 0.4) is 0 Å². The third-order valence-electron chi connectivity index (χ3n) is 5.47. The van der Waals surface area contributed by atoms with Gasteiger partial charge in [0.25, 0.3) is 0 Å². The SMILES string of the molecule is CC(NC(=O)C1(NC(=O)NCc2ccccc2)CCCC1)c1cccc(OC(F)F)c1. The van der Waals surface area contributed by atoms with Gasteiger partial charge in [-0.05, 0) is 43.0 Å². The molecule has 0 radical (unpaired) electrons. The van der Waals surface area contributed by atoms with E-state index >= 15 is 0 Å². The van der Waals surface area contributed by atoms with Crippen molar-refractivity contribution < 1.29 is 23.1 Å². The highest BCUT2D eigenvalue weighted by molar-refractivity contribution is 5.91.